The molecule has 0 bridgehead atoms. The number of hydrogen-bond donors (Lipinski definition) is 2. The van der Waals surface area contributed by atoms with E-state index in [0.29, 0.717) is 22.9 Å². The maximum atomic E-state index is 12.6. The zero-order valence-corrected chi connectivity index (χ0v) is 17.3. The number of carbonyl (C=O) groups excluding carboxylic acids is 4. The third-order valence-corrected chi connectivity index (χ3v) is 6.08. The second-order valence-corrected chi connectivity index (χ2v) is 8.78. The highest BCUT2D eigenvalue weighted by Crippen LogP contribution is 2.42. The third kappa shape index (κ3) is 3.76. The molecule has 0 spiro atoms. The van der Waals surface area contributed by atoms with Gasteiger partial charge in [0.15, 0.2) is 0 Å². The minimum atomic E-state index is -0.929. The number of urea groups is 1. The Morgan fingerprint density at radius 1 is 1.39 bits per heavy atom. The summed E-state index contributed by atoms with van der Waals surface area (Å²) in [6.45, 7) is 5.37. The molecule has 1 atom stereocenters. The number of ether oxygens (including phenoxy) is 1. The molecule has 8 nitrogen and oxygen atoms in total. The van der Waals surface area contributed by atoms with Crippen LogP contribution in [0.3, 0.4) is 0 Å². The largest absolute Gasteiger partial charge is 0.465 e. The summed E-state index contributed by atoms with van der Waals surface area (Å²) < 4.78 is 4.85. The van der Waals surface area contributed by atoms with Crippen molar-refractivity contribution in [3.8, 4) is 0 Å². The van der Waals surface area contributed by atoms with E-state index in [4.69, 9.17) is 4.74 Å². The maximum Gasteiger partial charge on any atom is 0.341 e. The SMILES string of the molecule is COC(=O)c1c(CC(C)C)csc1NC(=O)CN1C(=O)NC(C)(C2CC2)C1=O. The normalized spacial score (nSPS) is 21.8. The number of hydrogen-bond acceptors (Lipinski definition) is 6. The van der Waals surface area contributed by atoms with Gasteiger partial charge >= 0.3 is 12.0 Å². The zero-order chi connectivity index (χ0) is 20.6. The predicted octanol–water partition coefficient (Wildman–Crippen LogP) is 2.39. The molecule has 1 unspecified atom stereocenters. The van der Waals surface area contributed by atoms with Gasteiger partial charge in [0, 0.05) is 0 Å². The highest BCUT2D eigenvalue weighted by Gasteiger charge is 2.56. The van der Waals surface area contributed by atoms with E-state index in [1.807, 2.05) is 19.2 Å². The van der Waals surface area contributed by atoms with Gasteiger partial charge in [-0.15, -0.1) is 11.3 Å². The number of thiophene rings is 1. The lowest BCUT2D eigenvalue weighted by Gasteiger charge is -2.20. The van der Waals surface area contributed by atoms with Crippen LogP contribution in [0.15, 0.2) is 5.38 Å². The minimum absolute atomic E-state index is 0.124. The number of amides is 4. The van der Waals surface area contributed by atoms with Gasteiger partial charge in [0.25, 0.3) is 5.91 Å². The molecule has 4 amide bonds. The van der Waals surface area contributed by atoms with E-state index in [1.54, 1.807) is 6.92 Å². The first-order chi connectivity index (χ1) is 13.2. The molecule has 2 fully saturated rings. The Balaban J connectivity index is 1.73. The van der Waals surface area contributed by atoms with Crippen molar-refractivity contribution in [1.29, 1.82) is 0 Å². The van der Waals surface area contributed by atoms with Gasteiger partial charge in [-0.2, -0.15) is 0 Å². The Morgan fingerprint density at radius 3 is 2.64 bits per heavy atom. The maximum absolute atomic E-state index is 12.6. The first-order valence-corrected chi connectivity index (χ1v) is 10.2. The Kier molecular flexibility index (Phi) is 5.47. The molecular formula is C19H25N3O5S. The summed E-state index contributed by atoms with van der Waals surface area (Å²) >= 11 is 1.23. The van der Waals surface area contributed by atoms with E-state index >= 15 is 0 Å². The first-order valence-electron chi connectivity index (χ1n) is 9.30. The summed E-state index contributed by atoms with van der Waals surface area (Å²) in [5.41, 5.74) is 0.204. The molecule has 9 heteroatoms. The van der Waals surface area contributed by atoms with Crippen molar-refractivity contribution in [3.05, 3.63) is 16.5 Å². The van der Waals surface area contributed by atoms with Crippen molar-refractivity contribution in [1.82, 2.24) is 10.2 Å². The highest BCUT2D eigenvalue weighted by atomic mass is 32.1. The molecule has 2 N–H and O–H groups in total. The number of imide groups is 1. The van der Waals surface area contributed by atoms with Gasteiger partial charge in [-0.1, -0.05) is 13.8 Å². The Hall–Kier alpha value is -2.42. The van der Waals surface area contributed by atoms with Crippen LogP contribution in [0, 0.1) is 11.8 Å². The summed E-state index contributed by atoms with van der Waals surface area (Å²) in [6, 6.07) is -0.561. The smallest absolute Gasteiger partial charge is 0.341 e. The van der Waals surface area contributed by atoms with Crippen molar-refractivity contribution in [2.45, 2.75) is 45.6 Å². The number of carbonyl (C=O) groups is 4. The van der Waals surface area contributed by atoms with E-state index < -0.39 is 30.0 Å². The summed E-state index contributed by atoms with van der Waals surface area (Å²) in [4.78, 5) is 50.5. The Bertz CT molecular complexity index is 830. The Morgan fingerprint density at radius 2 is 2.07 bits per heavy atom. The molecule has 0 radical (unpaired) electrons. The molecule has 1 saturated carbocycles. The molecule has 28 heavy (non-hydrogen) atoms. The molecule has 152 valence electrons. The lowest BCUT2D eigenvalue weighted by atomic mass is 9.96. The fourth-order valence-corrected chi connectivity index (χ4v) is 4.49. The van der Waals surface area contributed by atoms with Gasteiger partial charge in [0.1, 0.15) is 17.1 Å². The lowest BCUT2D eigenvalue weighted by molar-refractivity contribution is -0.134. The average molecular weight is 407 g/mol. The quantitative estimate of drug-likeness (QED) is 0.533. The topological polar surface area (TPSA) is 105 Å². The van der Waals surface area contributed by atoms with Crippen molar-refractivity contribution in [3.63, 3.8) is 0 Å². The molecule has 2 aliphatic rings. The van der Waals surface area contributed by atoms with Crippen molar-refractivity contribution < 1.29 is 23.9 Å². The molecule has 1 aromatic heterocycles. The van der Waals surface area contributed by atoms with Crippen LogP contribution in [0.1, 0.15) is 49.5 Å². The second-order valence-electron chi connectivity index (χ2n) is 7.90. The van der Waals surface area contributed by atoms with Gasteiger partial charge in [0.05, 0.1) is 12.7 Å². The zero-order valence-electron chi connectivity index (χ0n) is 16.5. The van der Waals surface area contributed by atoms with Crippen LogP contribution in [0.4, 0.5) is 9.80 Å². The lowest BCUT2D eigenvalue weighted by Crippen LogP contribution is -2.46. The molecule has 1 aromatic rings. The van der Waals surface area contributed by atoms with Crippen molar-refractivity contribution in [2.75, 3.05) is 19.0 Å². The van der Waals surface area contributed by atoms with E-state index in [0.717, 1.165) is 23.3 Å². The number of rotatable bonds is 7. The molecule has 1 aliphatic heterocycles. The van der Waals surface area contributed by atoms with Crippen LogP contribution < -0.4 is 10.6 Å². The monoisotopic (exact) mass is 407 g/mol. The van der Waals surface area contributed by atoms with E-state index in [-0.39, 0.29) is 11.8 Å². The van der Waals surface area contributed by atoms with Crippen LogP contribution in [-0.4, -0.2) is 47.9 Å². The van der Waals surface area contributed by atoms with Crippen molar-refractivity contribution >= 4 is 40.2 Å². The third-order valence-electron chi connectivity index (χ3n) is 5.13. The molecule has 0 aromatic carbocycles. The van der Waals surface area contributed by atoms with E-state index in [1.165, 1.54) is 18.4 Å². The standard InChI is InChI=1S/C19H25N3O5S/c1-10(2)7-11-9-28-15(14(11)16(24)27-4)20-13(23)8-22-17(25)19(3,12-5-6-12)21-18(22)26/h9-10,12H,5-8H2,1-4H3,(H,20,23)(H,21,26). The minimum Gasteiger partial charge on any atom is -0.465 e. The summed E-state index contributed by atoms with van der Waals surface area (Å²) in [5, 5.41) is 7.56. The molecule has 3 rings (SSSR count). The average Bonchev–Trinajstić information content (AvgIpc) is 3.38. The van der Waals surface area contributed by atoms with Crippen molar-refractivity contribution in [2.24, 2.45) is 11.8 Å². The van der Waals surface area contributed by atoms with Gasteiger partial charge < -0.3 is 15.4 Å². The number of methoxy groups -OCH3 is 1. The molecular weight excluding hydrogens is 382 g/mol. The summed E-state index contributed by atoms with van der Waals surface area (Å²) in [7, 11) is 1.29. The number of nitrogens with zero attached hydrogens (tertiary/aromatic N) is 1. The van der Waals surface area contributed by atoms with Crippen LogP contribution in [-0.2, 0) is 20.7 Å². The molecule has 2 heterocycles. The fraction of sp³-hybridized carbons (Fsp3) is 0.579. The molecule has 1 saturated heterocycles. The first kappa shape index (κ1) is 20.3. The number of esters is 1. The van der Waals surface area contributed by atoms with Crippen LogP contribution in [0.5, 0.6) is 0 Å². The number of anilines is 1. The number of nitrogens with one attached hydrogen (secondary N) is 2. The van der Waals surface area contributed by atoms with Gasteiger partial charge in [0.2, 0.25) is 5.91 Å². The van der Waals surface area contributed by atoms with Gasteiger partial charge in [-0.3, -0.25) is 14.5 Å². The van der Waals surface area contributed by atoms with E-state index in [2.05, 4.69) is 10.6 Å². The van der Waals surface area contributed by atoms with Gasteiger partial charge in [-0.25, -0.2) is 9.59 Å². The predicted molar refractivity (Wildman–Crippen MR) is 104 cm³/mol. The second kappa shape index (κ2) is 7.54. The van der Waals surface area contributed by atoms with E-state index in [9.17, 15) is 19.2 Å². The van der Waals surface area contributed by atoms with Crippen LogP contribution in [0.2, 0.25) is 0 Å². The Labute approximate surface area is 167 Å². The fourth-order valence-electron chi connectivity index (χ4n) is 3.51. The van der Waals surface area contributed by atoms with Crippen LogP contribution >= 0.6 is 11.3 Å². The summed E-state index contributed by atoms with van der Waals surface area (Å²) in [6.07, 6.45) is 2.45. The van der Waals surface area contributed by atoms with Gasteiger partial charge in [-0.05, 0) is 49.0 Å². The molecule has 1 aliphatic carbocycles. The van der Waals surface area contributed by atoms with Crippen LogP contribution in [0.25, 0.3) is 0 Å². The summed E-state index contributed by atoms with van der Waals surface area (Å²) in [5.74, 6) is -0.989. The highest BCUT2D eigenvalue weighted by molar-refractivity contribution is 7.15.